The second kappa shape index (κ2) is 4.53. The maximum atomic E-state index is 4.40. The molecule has 1 heterocycles. The van der Waals surface area contributed by atoms with Crippen LogP contribution < -0.4 is 0 Å². The first-order valence-corrected chi connectivity index (χ1v) is 5.76. The number of hydrogen-bond donors (Lipinski definition) is 0. The van der Waals surface area contributed by atoms with Gasteiger partial charge >= 0.3 is 0 Å². The third-order valence-electron chi connectivity index (χ3n) is 2.87. The molecular weight excluding hydrogens is 210 g/mol. The summed E-state index contributed by atoms with van der Waals surface area (Å²) >= 11 is 0. The lowest BCUT2D eigenvalue weighted by atomic mass is 10.1. The fraction of sp³-hybridized carbons (Fsp3) is 0.286. The van der Waals surface area contributed by atoms with Gasteiger partial charge in [0.15, 0.2) is 0 Å². The Morgan fingerprint density at radius 1 is 1.41 bits per heavy atom. The van der Waals surface area contributed by atoms with Gasteiger partial charge in [-0.2, -0.15) is 0 Å². The Labute approximate surface area is 102 Å². The van der Waals surface area contributed by atoms with Gasteiger partial charge in [-0.1, -0.05) is 11.6 Å². The molecule has 0 N–H and O–H groups in total. The van der Waals surface area contributed by atoms with E-state index < -0.39 is 0 Å². The summed E-state index contributed by atoms with van der Waals surface area (Å²) in [5, 5.41) is 0. The van der Waals surface area contributed by atoms with Gasteiger partial charge in [0, 0.05) is 12.1 Å². The Kier molecular flexibility index (Phi) is 3.09. The predicted octanol–water partition coefficient (Wildman–Crippen LogP) is 3.51. The number of rotatable bonds is 3. The van der Waals surface area contributed by atoms with Gasteiger partial charge in [-0.25, -0.2) is 4.98 Å². The van der Waals surface area contributed by atoms with E-state index in [1.165, 1.54) is 0 Å². The number of imidazole rings is 1. The van der Waals surface area contributed by atoms with Crippen molar-refractivity contribution in [3.8, 4) is 0 Å². The van der Waals surface area contributed by atoms with Gasteiger partial charge in [-0.3, -0.25) is 4.99 Å². The minimum atomic E-state index is 0.936. The van der Waals surface area contributed by atoms with E-state index in [9.17, 15) is 0 Å². The number of fused-ring (bicyclic) bond motifs is 1. The Morgan fingerprint density at radius 3 is 2.76 bits per heavy atom. The molecule has 0 spiro atoms. The van der Waals surface area contributed by atoms with Gasteiger partial charge in [0.2, 0.25) is 0 Å². The monoisotopic (exact) mass is 227 g/mol. The smallest absolute Gasteiger partial charge is 0.0958 e. The summed E-state index contributed by atoms with van der Waals surface area (Å²) in [5.74, 6) is 0. The van der Waals surface area contributed by atoms with Gasteiger partial charge in [0.05, 0.1) is 23.1 Å². The second-order valence-corrected chi connectivity index (χ2v) is 4.24. The van der Waals surface area contributed by atoms with Crippen LogP contribution in [0.25, 0.3) is 16.7 Å². The lowest BCUT2D eigenvalue weighted by Gasteiger charge is -2.05. The summed E-state index contributed by atoms with van der Waals surface area (Å²) in [6.45, 7) is 10.8. The van der Waals surface area contributed by atoms with Crippen molar-refractivity contribution in [2.24, 2.45) is 4.99 Å². The molecule has 0 aliphatic rings. The number of benzene rings is 1. The van der Waals surface area contributed by atoms with Crippen LogP contribution in [0.1, 0.15) is 26.3 Å². The van der Waals surface area contributed by atoms with Crippen molar-refractivity contribution in [1.29, 1.82) is 0 Å². The van der Waals surface area contributed by atoms with E-state index in [0.29, 0.717) is 0 Å². The number of aromatic nitrogens is 2. The van der Waals surface area contributed by atoms with Crippen LogP contribution in [0.4, 0.5) is 0 Å². The molecule has 2 aromatic rings. The summed E-state index contributed by atoms with van der Waals surface area (Å²) in [4.78, 5) is 8.49. The molecule has 0 saturated heterocycles. The molecular formula is C14H17N3. The van der Waals surface area contributed by atoms with Crippen molar-refractivity contribution < 1.29 is 0 Å². The highest BCUT2D eigenvalue weighted by molar-refractivity contribution is 5.82. The fourth-order valence-electron chi connectivity index (χ4n) is 2.00. The zero-order valence-corrected chi connectivity index (χ0v) is 10.6. The van der Waals surface area contributed by atoms with Crippen molar-refractivity contribution in [3.05, 3.63) is 35.7 Å². The number of hydrogen-bond acceptors (Lipinski definition) is 2. The van der Waals surface area contributed by atoms with E-state index in [4.69, 9.17) is 0 Å². The molecule has 0 unspecified atom stereocenters. The first kappa shape index (κ1) is 11.6. The van der Waals surface area contributed by atoms with Crippen LogP contribution in [0.5, 0.6) is 0 Å². The topological polar surface area (TPSA) is 30.2 Å². The lowest BCUT2D eigenvalue weighted by molar-refractivity contribution is 0.787. The maximum Gasteiger partial charge on any atom is 0.0958 e. The van der Waals surface area contributed by atoms with E-state index in [2.05, 4.69) is 46.4 Å². The van der Waals surface area contributed by atoms with Crippen molar-refractivity contribution in [2.45, 2.75) is 27.3 Å². The Morgan fingerprint density at radius 2 is 2.18 bits per heavy atom. The van der Waals surface area contributed by atoms with Gasteiger partial charge in [0.25, 0.3) is 0 Å². The Bertz CT molecular complexity index is 587. The number of allylic oxidation sites excluding steroid dienone is 1. The highest BCUT2D eigenvalue weighted by atomic mass is 15.0. The predicted molar refractivity (Wildman–Crippen MR) is 73.2 cm³/mol. The van der Waals surface area contributed by atoms with Crippen LogP contribution in [0, 0.1) is 0 Å². The molecule has 0 fully saturated rings. The highest BCUT2D eigenvalue weighted by Crippen LogP contribution is 2.23. The molecule has 2 rings (SSSR count). The highest BCUT2D eigenvalue weighted by Gasteiger charge is 2.06. The molecule has 3 nitrogen and oxygen atoms in total. The van der Waals surface area contributed by atoms with Crippen molar-refractivity contribution >= 4 is 23.4 Å². The van der Waals surface area contributed by atoms with Crippen LogP contribution in [0.3, 0.4) is 0 Å². The zero-order chi connectivity index (χ0) is 12.4. The van der Waals surface area contributed by atoms with Gasteiger partial charge in [-0.05, 0) is 39.6 Å². The normalized spacial score (nSPS) is 10.5. The standard InChI is InChI=1S/C14H17N3/c1-5-17-9-16-12-8-11(6-7-13(12)17)14(15-4)10(2)3/h6-9H,4-5H2,1-3H3. The summed E-state index contributed by atoms with van der Waals surface area (Å²) in [6, 6.07) is 6.24. The van der Waals surface area contributed by atoms with Crippen LogP contribution >= 0.6 is 0 Å². The molecule has 3 heteroatoms. The number of aliphatic imine (C=N–C) groups is 1. The van der Waals surface area contributed by atoms with Gasteiger partial charge in [-0.15, -0.1) is 0 Å². The molecule has 0 aliphatic carbocycles. The molecule has 0 atom stereocenters. The van der Waals surface area contributed by atoms with E-state index in [0.717, 1.165) is 34.4 Å². The Balaban J connectivity index is 2.60. The summed E-state index contributed by atoms with van der Waals surface area (Å²) in [5.41, 5.74) is 5.35. The average molecular weight is 227 g/mol. The van der Waals surface area contributed by atoms with Crippen LogP contribution in [-0.2, 0) is 6.54 Å². The molecule has 0 aliphatic heterocycles. The maximum absolute atomic E-state index is 4.40. The van der Waals surface area contributed by atoms with Gasteiger partial charge in [0.1, 0.15) is 0 Å². The van der Waals surface area contributed by atoms with E-state index in [-0.39, 0.29) is 0 Å². The summed E-state index contributed by atoms with van der Waals surface area (Å²) < 4.78 is 2.13. The molecule has 0 radical (unpaired) electrons. The van der Waals surface area contributed by atoms with E-state index >= 15 is 0 Å². The summed E-state index contributed by atoms with van der Waals surface area (Å²) in [7, 11) is 0. The quantitative estimate of drug-likeness (QED) is 0.738. The summed E-state index contributed by atoms with van der Waals surface area (Å²) in [6.07, 6.45) is 1.87. The van der Waals surface area contributed by atoms with Gasteiger partial charge < -0.3 is 4.57 Å². The number of nitrogens with zero attached hydrogens (tertiary/aromatic N) is 3. The van der Waals surface area contributed by atoms with E-state index in [1.807, 2.05) is 20.2 Å². The largest absolute Gasteiger partial charge is 0.331 e. The first-order valence-electron chi connectivity index (χ1n) is 5.76. The second-order valence-electron chi connectivity index (χ2n) is 4.24. The molecule has 0 bridgehead atoms. The van der Waals surface area contributed by atoms with Crippen molar-refractivity contribution in [3.63, 3.8) is 0 Å². The first-order chi connectivity index (χ1) is 8.17. The lowest BCUT2D eigenvalue weighted by Crippen LogP contribution is -1.91. The van der Waals surface area contributed by atoms with E-state index in [1.54, 1.807) is 0 Å². The minimum absolute atomic E-state index is 0.936. The molecule has 1 aromatic heterocycles. The third kappa shape index (κ3) is 2.00. The molecule has 88 valence electrons. The van der Waals surface area contributed by atoms with Crippen LogP contribution in [0.15, 0.2) is 35.1 Å². The molecule has 17 heavy (non-hydrogen) atoms. The molecule has 1 aromatic carbocycles. The van der Waals surface area contributed by atoms with Crippen LogP contribution in [0.2, 0.25) is 0 Å². The molecule has 0 saturated carbocycles. The zero-order valence-electron chi connectivity index (χ0n) is 10.6. The molecule has 0 amide bonds. The third-order valence-corrected chi connectivity index (χ3v) is 2.87. The van der Waals surface area contributed by atoms with Crippen LogP contribution in [-0.4, -0.2) is 16.3 Å². The Hall–Kier alpha value is -1.90. The minimum Gasteiger partial charge on any atom is -0.331 e. The van der Waals surface area contributed by atoms with Crippen molar-refractivity contribution in [2.75, 3.05) is 0 Å². The SMILES string of the molecule is C=NC(=C(C)C)c1ccc2c(c1)ncn2CC. The number of aryl methyl sites for hydroxylation is 1. The fourth-order valence-corrected chi connectivity index (χ4v) is 2.00. The average Bonchev–Trinajstić information content (AvgIpc) is 2.71. The van der Waals surface area contributed by atoms with Crippen molar-refractivity contribution in [1.82, 2.24) is 9.55 Å².